The van der Waals surface area contributed by atoms with Gasteiger partial charge in [0.15, 0.2) is 0 Å². The van der Waals surface area contributed by atoms with Gasteiger partial charge in [-0.15, -0.1) is 0 Å². The lowest BCUT2D eigenvalue weighted by Crippen LogP contribution is -2.49. The summed E-state index contributed by atoms with van der Waals surface area (Å²) < 4.78 is 20.1. The first-order valence-corrected chi connectivity index (χ1v) is 16.2. The van der Waals surface area contributed by atoms with Gasteiger partial charge < -0.3 is 25.2 Å². The van der Waals surface area contributed by atoms with Crippen molar-refractivity contribution in [3.8, 4) is 5.75 Å². The highest BCUT2D eigenvalue weighted by atomic mass is 35.5. The first-order valence-electron chi connectivity index (χ1n) is 15.8. The Morgan fingerprint density at radius 1 is 1.14 bits per heavy atom. The summed E-state index contributed by atoms with van der Waals surface area (Å²) in [5, 5.41) is 7.00. The zero-order chi connectivity index (χ0) is 30.4. The first-order chi connectivity index (χ1) is 21.3. The van der Waals surface area contributed by atoms with Gasteiger partial charge in [0.25, 0.3) is 0 Å². The number of nitrogens with zero attached hydrogens (tertiary/aromatic N) is 4. The summed E-state index contributed by atoms with van der Waals surface area (Å²) in [6, 6.07) is 8.80. The molecule has 8 rings (SSSR count). The van der Waals surface area contributed by atoms with Crippen LogP contribution in [0.3, 0.4) is 0 Å². The summed E-state index contributed by atoms with van der Waals surface area (Å²) in [5.74, 6) is 4.05. The molecule has 3 aromatic rings. The van der Waals surface area contributed by atoms with Crippen molar-refractivity contribution in [1.29, 1.82) is 0 Å². The number of piperidine rings is 3. The molecule has 2 aromatic carbocycles. The zero-order valence-corrected chi connectivity index (χ0v) is 26.1. The summed E-state index contributed by atoms with van der Waals surface area (Å²) in [6.07, 6.45) is 10.9. The largest absolute Gasteiger partial charge is 0.491 e. The van der Waals surface area contributed by atoms with Crippen LogP contribution in [0.25, 0.3) is 10.9 Å². The minimum Gasteiger partial charge on any atom is -0.491 e. The van der Waals surface area contributed by atoms with Gasteiger partial charge in [-0.05, 0) is 106 Å². The van der Waals surface area contributed by atoms with Crippen molar-refractivity contribution in [3.63, 3.8) is 0 Å². The maximum Gasteiger partial charge on any atom is 0.248 e. The standard InChI is InChI=1S/C34H40ClFN6O2/c1-41-17-26-24(27(26)18-41)10-11-44-32-15-30-25(34(38-19-37-30)39-22-7-9-29(36)28(35)13-22)14-31(32)40-33(43)5-3-4-20-12-23-8-6-21(20)16-42(23)2/h3,5,7,9,13-15,19-21,23-24,26-27H,4,6,8,10-12,16-18H2,1-2H3,(H,40,43)(H,37,38,39)/t20?,21?,23?,24?,26-,27+. The number of anilines is 3. The Morgan fingerprint density at radius 2 is 1.98 bits per heavy atom. The van der Waals surface area contributed by atoms with Gasteiger partial charge in [-0.1, -0.05) is 17.7 Å². The van der Waals surface area contributed by atoms with Crippen LogP contribution in [-0.2, 0) is 4.79 Å². The van der Waals surface area contributed by atoms with Gasteiger partial charge >= 0.3 is 0 Å². The van der Waals surface area contributed by atoms with Crippen molar-refractivity contribution in [2.75, 3.05) is 51.0 Å². The molecule has 2 bridgehead atoms. The maximum atomic E-state index is 13.7. The number of nitrogens with one attached hydrogen (secondary N) is 2. The summed E-state index contributed by atoms with van der Waals surface area (Å²) in [5.41, 5.74) is 1.83. The van der Waals surface area contributed by atoms with Crippen molar-refractivity contribution in [3.05, 3.63) is 59.7 Å². The van der Waals surface area contributed by atoms with Crippen molar-refractivity contribution in [1.82, 2.24) is 19.8 Å². The SMILES string of the molecule is CN1C[C@@H]2C(CCOc3cc4ncnc(Nc5ccc(F)c(Cl)c5)c4cc3NC(=O)C=CCC3CC4CCC3CN4C)[C@@H]2C1. The number of hydrogen-bond donors (Lipinski definition) is 2. The predicted octanol–water partition coefficient (Wildman–Crippen LogP) is 6.36. The Balaban J connectivity index is 1.08. The number of likely N-dealkylation sites (tertiary alicyclic amines) is 1. The first kappa shape index (κ1) is 29.4. The molecule has 2 saturated carbocycles. The van der Waals surface area contributed by atoms with Crippen LogP contribution in [-0.4, -0.2) is 72.1 Å². The topological polar surface area (TPSA) is 82.6 Å². The van der Waals surface area contributed by atoms with Gasteiger partial charge in [0.1, 0.15) is 23.7 Å². The normalized spacial score (nSPS) is 28.0. The van der Waals surface area contributed by atoms with Gasteiger partial charge in [0, 0.05) is 42.8 Å². The van der Waals surface area contributed by atoms with Crippen LogP contribution in [0, 0.1) is 35.4 Å². The Labute approximate surface area is 263 Å². The minimum atomic E-state index is -0.491. The van der Waals surface area contributed by atoms with E-state index in [9.17, 15) is 9.18 Å². The van der Waals surface area contributed by atoms with E-state index >= 15 is 0 Å². The van der Waals surface area contributed by atoms with Gasteiger partial charge in [0.2, 0.25) is 5.91 Å². The molecule has 2 N–H and O–H groups in total. The van der Waals surface area contributed by atoms with Crippen LogP contribution in [0.2, 0.25) is 5.02 Å². The van der Waals surface area contributed by atoms with Crippen molar-refractivity contribution in [2.45, 2.75) is 38.1 Å². The number of hydrogen-bond acceptors (Lipinski definition) is 7. The highest BCUT2D eigenvalue weighted by Crippen LogP contribution is 2.53. The molecule has 0 spiro atoms. The zero-order valence-electron chi connectivity index (χ0n) is 25.3. The van der Waals surface area contributed by atoms with E-state index in [0.29, 0.717) is 64.2 Å². The average Bonchev–Trinajstić information content (AvgIpc) is 3.46. The Kier molecular flexibility index (Phi) is 8.20. The van der Waals surface area contributed by atoms with Crippen LogP contribution < -0.4 is 15.4 Å². The molecular weight excluding hydrogens is 579 g/mol. The molecule has 1 amide bonds. The Morgan fingerprint density at radius 3 is 2.73 bits per heavy atom. The number of aromatic nitrogens is 2. The lowest BCUT2D eigenvalue weighted by molar-refractivity contribution is -0.111. The molecule has 4 heterocycles. The molecule has 8 nitrogen and oxygen atoms in total. The molecule has 3 aliphatic heterocycles. The predicted molar refractivity (Wildman–Crippen MR) is 172 cm³/mol. The van der Waals surface area contributed by atoms with Gasteiger partial charge in [-0.3, -0.25) is 4.79 Å². The molecule has 1 aromatic heterocycles. The second kappa shape index (κ2) is 12.3. The molecule has 6 atom stereocenters. The third-order valence-electron chi connectivity index (χ3n) is 10.4. The number of carbonyl (C=O) groups excluding carboxylic acids is 1. The fourth-order valence-electron chi connectivity index (χ4n) is 7.98. The fourth-order valence-corrected chi connectivity index (χ4v) is 8.16. The van der Waals surface area contributed by atoms with Gasteiger partial charge in [-0.2, -0.15) is 0 Å². The molecule has 5 aliphatic rings. The number of halogens is 2. The number of allylic oxidation sites excluding steroid dienone is 1. The van der Waals surface area contributed by atoms with E-state index in [4.69, 9.17) is 16.3 Å². The number of fused-ring (bicyclic) bond motifs is 5. The third kappa shape index (κ3) is 6.14. The summed E-state index contributed by atoms with van der Waals surface area (Å²) >= 11 is 6.01. The van der Waals surface area contributed by atoms with Crippen molar-refractivity contribution in [2.24, 2.45) is 29.6 Å². The van der Waals surface area contributed by atoms with E-state index < -0.39 is 5.82 Å². The maximum absolute atomic E-state index is 13.7. The number of benzene rings is 2. The Hall–Kier alpha value is -3.27. The van der Waals surface area contributed by atoms with E-state index in [2.05, 4.69) is 44.5 Å². The van der Waals surface area contributed by atoms with Gasteiger partial charge in [0.05, 0.1) is 22.8 Å². The van der Waals surface area contributed by atoms with Crippen molar-refractivity contribution < 1.29 is 13.9 Å². The second-order valence-electron chi connectivity index (χ2n) is 13.2. The number of amides is 1. The van der Waals surface area contributed by atoms with E-state index in [0.717, 1.165) is 31.2 Å². The smallest absolute Gasteiger partial charge is 0.248 e. The lowest BCUT2D eigenvalue weighted by Gasteiger charge is -2.48. The molecule has 10 heteroatoms. The van der Waals surface area contributed by atoms with E-state index in [1.165, 1.54) is 50.8 Å². The number of rotatable bonds is 10. The van der Waals surface area contributed by atoms with Crippen LogP contribution in [0.4, 0.5) is 21.6 Å². The van der Waals surface area contributed by atoms with Crippen LogP contribution in [0.1, 0.15) is 32.1 Å². The molecule has 2 aliphatic carbocycles. The van der Waals surface area contributed by atoms with Crippen LogP contribution in [0.5, 0.6) is 5.75 Å². The molecule has 5 fully saturated rings. The average molecular weight is 619 g/mol. The highest BCUT2D eigenvalue weighted by molar-refractivity contribution is 6.31. The molecule has 232 valence electrons. The van der Waals surface area contributed by atoms with Gasteiger partial charge in [-0.25, -0.2) is 14.4 Å². The van der Waals surface area contributed by atoms with E-state index in [-0.39, 0.29) is 10.9 Å². The quantitative estimate of drug-likeness (QED) is 0.256. The second-order valence-corrected chi connectivity index (χ2v) is 13.7. The van der Waals surface area contributed by atoms with E-state index in [1.54, 1.807) is 12.1 Å². The van der Waals surface area contributed by atoms with E-state index in [1.807, 2.05) is 18.2 Å². The fraction of sp³-hybridized carbons (Fsp3) is 0.500. The molecule has 0 radical (unpaired) electrons. The van der Waals surface area contributed by atoms with Crippen molar-refractivity contribution >= 4 is 45.6 Å². The summed E-state index contributed by atoms with van der Waals surface area (Å²) in [6.45, 7) is 4.08. The molecular formula is C34H40ClFN6O2. The molecule has 44 heavy (non-hydrogen) atoms. The number of ether oxygens (including phenoxy) is 1. The van der Waals surface area contributed by atoms with Crippen LogP contribution in [0.15, 0.2) is 48.8 Å². The molecule has 3 saturated heterocycles. The summed E-state index contributed by atoms with van der Waals surface area (Å²) in [7, 11) is 4.42. The monoisotopic (exact) mass is 618 g/mol. The summed E-state index contributed by atoms with van der Waals surface area (Å²) in [4.78, 5) is 27.0. The van der Waals surface area contributed by atoms with Crippen LogP contribution >= 0.6 is 11.6 Å². The number of carbonyl (C=O) groups is 1. The third-order valence-corrected chi connectivity index (χ3v) is 10.7. The highest BCUT2D eigenvalue weighted by Gasteiger charge is 2.54. The Bertz CT molecular complexity index is 1570. The molecule has 4 unspecified atom stereocenters. The lowest BCUT2D eigenvalue weighted by atomic mass is 9.71. The minimum absolute atomic E-state index is 0.0170.